The second-order valence-electron chi connectivity index (χ2n) is 5.76. The third-order valence-corrected chi connectivity index (χ3v) is 4.58. The van der Waals surface area contributed by atoms with Crippen molar-refractivity contribution >= 4 is 22.7 Å². The van der Waals surface area contributed by atoms with Gasteiger partial charge in [0.05, 0.1) is 0 Å². The van der Waals surface area contributed by atoms with Gasteiger partial charge in [0.25, 0.3) is 0 Å². The van der Waals surface area contributed by atoms with Crippen molar-refractivity contribution in [2.24, 2.45) is 0 Å². The highest BCUT2D eigenvalue weighted by Gasteiger charge is 2.27. The molecule has 4 rings (SSSR count). The van der Waals surface area contributed by atoms with E-state index in [4.69, 9.17) is 11.6 Å². The van der Waals surface area contributed by atoms with E-state index < -0.39 is 0 Å². The minimum Gasteiger partial charge on any atom is -0.298 e. The Morgan fingerprint density at radius 1 is 0.900 bits per heavy atom. The number of likely N-dealkylation sites (N-methyl/N-ethyl adjacent to an activating group) is 1. The molecular weight excluding hydrogens is 266 g/mol. The van der Waals surface area contributed by atoms with Crippen LogP contribution in [0.4, 0.5) is 0 Å². The zero-order valence-corrected chi connectivity index (χ0v) is 12.2. The first-order chi connectivity index (χ1) is 9.72. The van der Waals surface area contributed by atoms with Crippen LogP contribution in [0.15, 0.2) is 42.5 Å². The first-order valence-electron chi connectivity index (χ1n) is 7.00. The smallest absolute Gasteiger partial charge is 0.0412 e. The Balaban J connectivity index is 2.02. The molecule has 0 saturated heterocycles. The molecule has 0 unspecified atom stereocenters. The van der Waals surface area contributed by atoms with Crippen LogP contribution in [-0.2, 0) is 6.42 Å². The average molecular weight is 282 g/mol. The Morgan fingerprint density at radius 3 is 2.45 bits per heavy atom. The van der Waals surface area contributed by atoms with E-state index in [2.05, 4.69) is 48.3 Å². The molecule has 2 aliphatic rings. The van der Waals surface area contributed by atoms with Gasteiger partial charge >= 0.3 is 0 Å². The molecular formula is C18H16ClN. The Labute approximate surface area is 124 Å². The molecule has 0 N–H and O–H groups in total. The second-order valence-corrected chi connectivity index (χ2v) is 6.20. The molecule has 2 heteroatoms. The number of hydrogen-bond donors (Lipinski definition) is 0. The third-order valence-electron chi connectivity index (χ3n) is 4.34. The van der Waals surface area contributed by atoms with Crippen molar-refractivity contribution in [1.29, 1.82) is 0 Å². The van der Waals surface area contributed by atoms with Gasteiger partial charge < -0.3 is 0 Å². The molecule has 1 aliphatic heterocycles. The van der Waals surface area contributed by atoms with Crippen LogP contribution in [0.2, 0.25) is 5.02 Å². The summed E-state index contributed by atoms with van der Waals surface area (Å²) >= 11 is 6.23. The largest absolute Gasteiger partial charge is 0.298 e. The van der Waals surface area contributed by atoms with Gasteiger partial charge in [0, 0.05) is 18.1 Å². The summed E-state index contributed by atoms with van der Waals surface area (Å²) in [7, 11) is 2.18. The van der Waals surface area contributed by atoms with Crippen molar-refractivity contribution in [3.63, 3.8) is 0 Å². The van der Waals surface area contributed by atoms with Crippen molar-refractivity contribution in [3.8, 4) is 0 Å². The molecule has 0 spiro atoms. The van der Waals surface area contributed by atoms with Gasteiger partial charge in [-0.3, -0.25) is 4.90 Å². The lowest BCUT2D eigenvalue weighted by atomic mass is 9.97. The van der Waals surface area contributed by atoms with Gasteiger partial charge in [0.2, 0.25) is 0 Å². The number of halogens is 1. The lowest BCUT2D eigenvalue weighted by molar-refractivity contribution is 0.442. The Morgan fingerprint density at radius 2 is 1.60 bits per heavy atom. The molecule has 1 aliphatic carbocycles. The van der Waals surface area contributed by atoms with Gasteiger partial charge in [-0.15, -0.1) is 0 Å². The molecule has 0 atom stereocenters. The Kier molecular flexibility index (Phi) is 2.73. The van der Waals surface area contributed by atoms with Crippen LogP contribution in [0.25, 0.3) is 11.1 Å². The van der Waals surface area contributed by atoms with Crippen molar-refractivity contribution < 1.29 is 0 Å². The lowest BCUT2D eigenvalue weighted by Gasteiger charge is -2.13. The Bertz CT molecular complexity index is 730. The highest BCUT2D eigenvalue weighted by atomic mass is 35.5. The molecule has 2 aromatic carbocycles. The van der Waals surface area contributed by atoms with Crippen LogP contribution in [0.5, 0.6) is 0 Å². The van der Waals surface area contributed by atoms with Crippen LogP contribution in [0, 0.1) is 0 Å². The van der Waals surface area contributed by atoms with E-state index in [0.717, 1.165) is 24.5 Å². The van der Waals surface area contributed by atoms with Crippen LogP contribution in [-0.4, -0.2) is 25.0 Å². The average Bonchev–Trinajstić information content (AvgIpc) is 2.78. The van der Waals surface area contributed by atoms with Gasteiger partial charge in [-0.2, -0.15) is 0 Å². The number of nitrogens with zero attached hydrogens (tertiary/aromatic N) is 1. The fourth-order valence-electron chi connectivity index (χ4n) is 3.44. The van der Waals surface area contributed by atoms with E-state index >= 15 is 0 Å². The summed E-state index contributed by atoms with van der Waals surface area (Å²) in [5.74, 6) is 0. The normalized spacial score (nSPS) is 17.5. The second kappa shape index (κ2) is 4.47. The molecule has 0 amide bonds. The molecule has 0 radical (unpaired) electrons. The summed E-state index contributed by atoms with van der Waals surface area (Å²) in [5.41, 5.74) is 8.50. The van der Waals surface area contributed by atoms with E-state index in [0.29, 0.717) is 0 Å². The van der Waals surface area contributed by atoms with Crippen LogP contribution in [0.3, 0.4) is 0 Å². The van der Waals surface area contributed by atoms with Crippen molar-refractivity contribution in [2.45, 2.75) is 6.42 Å². The molecule has 0 bridgehead atoms. The molecule has 0 saturated carbocycles. The summed E-state index contributed by atoms with van der Waals surface area (Å²) in [6, 6.07) is 15.1. The maximum Gasteiger partial charge on any atom is 0.0412 e. The van der Waals surface area contributed by atoms with Gasteiger partial charge in [-0.25, -0.2) is 0 Å². The van der Waals surface area contributed by atoms with E-state index in [9.17, 15) is 0 Å². The highest BCUT2D eigenvalue weighted by Crippen LogP contribution is 2.40. The molecule has 0 fully saturated rings. The summed E-state index contributed by atoms with van der Waals surface area (Å²) in [6.45, 7) is 2.04. The van der Waals surface area contributed by atoms with Crippen LogP contribution < -0.4 is 0 Å². The van der Waals surface area contributed by atoms with Gasteiger partial charge in [-0.05, 0) is 59.0 Å². The topological polar surface area (TPSA) is 3.24 Å². The maximum atomic E-state index is 6.23. The quantitative estimate of drug-likeness (QED) is 0.703. The zero-order chi connectivity index (χ0) is 13.7. The summed E-state index contributed by atoms with van der Waals surface area (Å²) in [4.78, 5) is 2.37. The van der Waals surface area contributed by atoms with E-state index in [-0.39, 0.29) is 0 Å². The summed E-state index contributed by atoms with van der Waals surface area (Å²) < 4.78 is 0. The first-order valence-corrected chi connectivity index (χ1v) is 7.38. The fourth-order valence-corrected chi connectivity index (χ4v) is 3.61. The fraction of sp³-hybridized carbons (Fsp3) is 0.222. The molecule has 100 valence electrons. The van der Waals surface area contributed by atoms with E-state index in [1.165, 1.54) is 33.4 Å². The van der Waals surface area contributed by atoms with Crippen molar-refractivity contribution in [3.05, 3.63) is 69.7 Å². The monoisotopic (exact) mass is 281 g/mol. The van der Waals surface area contributed by atoms with Crippen molar-refractivity contribution in [2.75, 3.05) is 20.1 Å². The van der Waals surface area contributed by atoms with Gasteiger partial charge in [0.1, 0.15) is 0 Å². The maximum absolute atomic E-state index is 6.23. The molecule has 0 aromatic heterocycles. The highest BCUT2D eigenvalue weighted by molar-refractivity contribution is 6.30. The number of rotatable bonds is 0. The Hall–Kier alpha value is -1.57. The zero-order valence-electron chi connectivity index (χ0n) is 11.5. The number of fused-ring (bicyclic) bond motifs is 4. The van der Waals surface area contributed by atoms with Gasteiger partial charge in [-0.1, -0.05) is 41.9 Å². The molecule has 1 heterocycles. The standard InChI is InChI=1S/C18H16ClN/c1-20-10-17-15-5-3-2-4-12(15)8-13-6-7-14(19)9-16(13)18(17)11-20/h2-7,9H,8,10-11H2,1H3. The number of benzene rings is 2. The summed E-state index contributed by atoms with van der Waals surface area (Å²) in [6.07, 6.45) is 0.999. The minimum atomic E-state index is 0.830. The molecule has 20 heavy (non-hydrogen) atoms. The third kappa shape index (κ3) is 1.81. The van der Waals surface area contributed by atoms with Crippen LogP contribution in [0.1, 0.15) is 22.3 Å². The predicted octanol–water partition coefficient (Wildman–Crippen LogP) is 4.10. The lowest BCUT2D eigenvalue weighted by Crippen LogP contribution is -2.15. The van der Waals surface area contributed by atoms with Gasteiger partial charge in [0.15, 0.2) is 0 Å². The molecule has 1 nitrogen and oxygen atoms in total. The SMILES string of the molecule is CN1CC2=C(C1)c1cc(Cl)ccc1Cc1ccccc12. The molecule has 2 aromatic rings. The van der Waals surface area contributed by atoms with Crippen molar-refractivity contribution in [1.82, 2.24) is 4.90 Å². The van der Waals surface area contributed by atoms with E-state index in [1.807, 2.05) is 6.07 Å². The van der Waals surface area contributed by atoms with Crippen LogP contribution >= 0.6 is 11.6 Å². The van der Waals surface area contributed by atoms with E-state index in [1.54, 1.807) is 0 Å². The first kappa shape index (κ1) is 12.2. The minimum absolute atomic E-state index is 0.830. The predicted molar refractivity (Wildman–Crippen MR) is 85.0 cm³/mol. The summed E-state index contributed by atoms with van der Waals surface area (Å²) in [5, 5.41) is 0.830. The number of hydrogen-bond acceptors (Lipinski definition) is 1.